The van der Waals surface area contributed by atoms with Gasteiger partial charge in [0.1, 0.15) is 5.82 Å². The molecule has 1 aliphatic heterocycles. The van der Waals surface area contributed by atoms with Gasteiger partial charge in [-0.3, -0.25) is 4.98 Å². The lowest BCUT2D eigenvalue weighted by Crippen LogP contribution is -2.38. The first kappa shape index (κ1) is 14.3. The SMILES string of the molecule is CNCc1cncc(N2CCC(C(C)(C)C)CC2)n1. The second kappa shape index (κ2) is 5.87. The van der Waals surface area contributed by atoms with Crippen LogP contribution in [0.2, 0.25) is 0 Å². The molecule has 4 nitrogen and oxygen atoms in total. The lowest BCUT2D eigenvalue weighted by molar-refractivity contribution is 0.198. The van der Waals surface area contributed by atoms with Crippen LogP contribution in [-0.2, 0) is 6.54 Å². The molecule has 1 aliphatic rings. The Morgan fingerprint density at radius 2 is 1.95 bits per heavy atom. The van der Waals surface area contributed by atoms with Gasteiger partial charge < -0.3 is 10.2 Å². The highest BCUT2D eigenvalue weighted by Crippen LogP contribution is 2.35. The van der Waals surface area contributed by atoms with E-state index in [0.29, 0.717) is 5.41 Å². The molecule has 106 valence electrons. The van der Waals surface area contributed by atoms with Gasteiger partial charge >= 0.3 is 0 Å². The summed E-state index contributed by atoms with van der Waals surface area (Å²) in [4.78, 5) is 11.3. The molecule has 0 bridgehead atoms. The molecule has 1 aromatic heterocycles. The van der Waals surface area contributed by atoms with E-state index in [1.807, 2.05) is 19.4 Å². The van der Waals surface area contributed by atoms with Crippen LogP contribution in [0.1, 0.15) is 39.3 Å². The van der Waals surface area contributed by atoms with Crippen LogP contribution < -0.4 is 10.2 Å². The van der Waals surface area contributed by atoms with Crippen molar-refractivity contribution in [3.05, 3.63) is 18.1 Å². The van der Waals surface area contributed by atoms with E-state index in [4.69, 9.17) is 0 Å². The van der Waals surface area contributed by atoms with Gasteiger partial charge in [-0.15, -0.1) is 0 Å². The number of aromatic nitrogens is 2. The molecular weight excluding hydrogens is 236 g/mol. The predicted molar refractivity (Wildman–Crippen MR) is 79.2 cm³/mol. The van der Waals surface area contributed by atoms with E-state index in [9.17, 15) is 0 Å². The fourth-order valence-electron chi connectivity index (χ4n) is 2.79. The van der Waals surface area contributed by atoms with Gasteiger partial charge in [0.25, 0.3) is 0 Å². The number of rotatable bonds is 3. The van der Waals surface area contributed by atoms with Gasteiger partial charge in [-0.1, -0.05) is 20.8 Å². The van der Waals surface area contributed by atoms with Crippen molar-refractivity contribution < 1.29 is 0 Å². The molecule has 19 heavy (non-hydrogen) atoms. The van der Waals surface area contributed by atoms with Crippen molar-refractivity contribution in [1.82, 2.24) is 15.3 Å². The lowest BCUT2D eigenvalue weighted by atomic mass is 9.75. The first-order chi connectivity index (χ1) is 9.00. The minimum atomic E-state index is 0.422. The summed E-state index contributed by atoms with van der Waals surface area (Å²) >= 11 is 0. The van der Waals surface area contributed by atoms with Gasteiger partial charge in [0.2, 0.25) is 0 Å². The lowest BCUT2D eigenvalue weighted by Gasteiger charge is -2.39. The zero-order valence-corrected chi connectivity index (χ0v) is 12.6. The van der Waals surface area contributed by atoms with Crippen LogP contribution in [0.25, 0.3) is 0 Å². The number of piperidine rings is 1. The van der Waals surface area contributed by atoms with Gasteiger partial charge in [0.05, 0.1) is 11.9 Å². The molecule has 0 spiro atoms. The molecule has 1 aromatic rings. The normalized spacial score (nSPS) is 17.8. The van der Waals surface area contributed by atoms with E-state index in [-0.39, 0.29) is 0 Å². The quantitative estimate of drug-likeness (QED) is 0.908. The fourth-order valence-corrected chi connectivity index (χ4v) is 2.79. The average Bonchev–Trinajstić information content (AvgIpc) is 2.39. The van der Waals surface area contributed by atoms with E-state index < -0.39 is 0 Å². The first-order valence-electron chi connectivity index (χ1n) is 7.21. The zero-order valence-electron chi connectivity index (χ0n) is 12.6. The van der Waals surface area contributed by atoms with E-state index in [1.54, 1.807) is 0 Å². The van der Waals surface area contributed by atoms with Gasteiger partial charge in [-0.2, -0.15) is 0 Å². The molecular formula is C15H26N4. The second-order valence-electron chi connectivity index (χ2n) is 6.53. The number of hydrogen-bond donors (Lipinski definition) is 1. The van der Waals surface area contributed by atoms with Gasteiger partial charge in [-0.25, -0.2) is 4.98 Å². The second-order valence-corrected chi connectivity index (χ2v) is 6.53. The maximum Gasteiger partial charge on any atom is 0.147 e. The van der Waals surface area contributed by atoms with Crippen molar-refractivity contribution in [1.29, 1.82) is 0 Å². The Balaban J connectivity index is 1.99. The first-order valence-corrected chi connectivity index (χ1v) is 7.21. The van der Waals surface area contributed by atoms with E-state index in [1.165, 1.54) is 12.8 Å². The third-order valence-electron chi connectivity index (χ3n) is 4.07. The standard InChI is InChI=1S/C15H26N4/c1-15(2,3)12-5-7-19(8-6-12)14-11-17-10-13(18-14)9-16-4/h10-12,16H,5-9H2,1-4H3. The summed E-state index contributed by atoms with van der Waals surface area (Å²) in [6.07, 6.45) is 6.22. The highest BCUT2D eigenvalue weighted by atomic mass is 15.2. The third kappa shape index (κ3) is 3.66. The fraction of sp³-hybridized carbons (Fsp3) is 0.733. The number of nitrogens with one attached hydrogen (secondary N) is 1. The molecule has 1 N–H and O–H groups in total. The van der Waals surface area contributed by atoms with Crippen molar-refractivity contribution >= 4 is 5.82 Å². The van der Waals surface area contributed by atoms with E-state index in [2.05, 4.69) is 41.0 Å². The molecule has 0 radical (unpaired) electrons. The zero-order chi connectivity index (χ0) is 13.9. The molecule has 0 aromatic carbocycles. The molecule has 0 saturated carbocycles. The molecule has 0 atom stereocenters. The molecule has 0 amide bonds. The Kier molecular flexibility index (Phi) is 4.40. The van der Waals surface area contributed by atoms with Gasteiger partial charge in [0.15, 0.2) is 0 Å². The highest BCUT2D eigenvalue weighted by molar-refractivity contribution is 5.36. The summed E-state index contributed by atoms with van der Waals surface area (Å²) in [5.41, 5.74) is 1.43. The topological polar surface area (TPSA) is 41.1 Å². The Labute approximate surface area is 116 Å². The Bertz CT molecular complexity index is 403. The van der Waals surface area contributed by atoms with E-state index >= 15 is 0 Å². The summed E-state index contributed by atoms with van der Waals surface area (Å²) in [5.74, 6) is 1.84. The van der Waals surface area contributed by atoms with Crippen LogP contribution in [-0.4, -0.2) is 30.1 Å². The number of hydrogen-bond acceptors (Lipinski definition) is 4. The molecule has 2 heterocycles. The van der Waals surface area contributed by atoms with Gasteiger partial charge in [0, 0.05) is 25.8 Å². The maximum atomic E-state index is 4.67. The third-order valence-corrected chi connectivity index (χ3v) is 4.07. The maximum absolute atomic E-state index is 4.67. The Morgan fingerprint density at radius 1 is 1.26 bits per heavy atom. The molecule has 1 fully saturated rings. The molecule has 0 aliphatic carbocycles. The minimum absolute atomic E-state index is 0.422. The van der Waals surface area contributed by atoms with Crippen LogP contribution in [0.3, 0.4) is 0 Å². The summed E-state index contributed by atoms with van der Waals surface area (Å²) in [5, 5.41) is 3.12. The Hall–Kier alpha value is -1.16. The van der Waals surface area contributed by atoms with Crippen molar-refractivity contribution in [3.63, 3.8) is 0 Å². The highest BCUT2D eigenvalue weighted by Gasteiger charge is 2.29. The van der Waals surface area contributed by atoms with Gasteiger partial charge in [-0.05, 0) is 31.2 Å². The Morgan fingerprint density at radius 3 is 2.53 bits per heavy atom. The molecule has 2 rings (SSSR count). The van der Waals surface area contributed by atoms with Crippen molar-refractivity contribution in [3.8, 4) is 0 Å². The minimum Gasteiger partial charge on any atom is -0.355 e. The number of nitrogens with zero attached hydrogens (tertiary/aromatic N) is 3. The summed E-state index contributed by atoms with van der Waals surface area (Å²) < 4.78 is 0. The molecule has 4 heteroatoms. The average molecular weight is 262 g/mol. The number of anilines is 1. The van der Waals surface area contributed by atoms with Crippen molar-refractivity contribution in [2.75, 3.05) is 25.0 Å². The van der Waals surface area contributed by atoms with Crippen LogP contribution in [0, 0.1) is 11.3 Å². The largest absolute Gasteiger partial charge is 0.355 e. The molecule has 1 saturated heterocycles. The summed E-state index contributed by atoms with van der Waals surface area (Å²) in [7, 11) is 1.93. The van der Waals surface area contributed by atoms with E-state index in [0.717, 1.165) is 37.1 Å². The monoisotopic (exact) mass is 262 g/mol. The smallest absolute Gasteiger partial charge is 0.147 e. The predicted octanol–water partition coefficient (Wildman–Crippen LogP) is 2.46. The summed E-state index contributed by atoms with van der Waals surface area (Å²) in [6.45, 7) is 10.0. The van der Waals surface area contributed by atoms with Crippen LogP contribution >= 0.6 is 0 Å². The van der Waals surface area contributed by atoms with Crippen molar-refractivity contribution in [2.24, 2.45) is 11.3 Å². The van der Waals surface area contributed by atoms with Crippen LogP contribution in [0.4, 0.5) is 5.82 Å². The summed E-state index contributed by atoms with van der Waals surface area (Å²) in [6, 6.07) is 0. The van der Waals surface area contributed by atoms with Crippen LogP contribution in [0.15, 0.2) is 12.4 Å². The molecule has 0 unspecified atom stereocenters. The van der Waals surface area contributed by atoms with Crippen LogP contribution in [0.5, 0.6) is 0 Å². The van der Waals surface area contributed by atoms with Crippen molar-refractivity contribution in [2.45, 2.75) is 40.2 Å².